The van der Waals surface area contributed by atoms with E-state index in [1.807, 2.05) is 30.3 Å². The summed E-state index contributed by atoms with van der Waals surface area (Å²) in [6, 6.07) is 14.5. The van der Waals surface area contributed by atoms with Crippen LogP contribution in [0.15, 0.2) is 48.5 Å². The summed E-state index contributed by atoms with van der Waals surface area (Å²) in [4.78, 5) is 14.4. The Kier molecular flexibility index (Phi) is 4.48. The molecule has 0 aliphatic carbocycles. The van der Waals surface area contributed by atoms with Crippen molar-refractivity contribution in [3.63, 3.8) is 0 Å². The smallest absolute Gasteiger partial charge is 0.257 e. The number of phenols is 1. The summed E-state index contributed by atoms with van der Waals surface area (Å²) in [5.74, 6) is 0.245. The number of hydrogen-bond donors (Lipinski definition) is 1. The van der Waals surface area contributed by atoms with Gasteiger partial charge in [-0.05, 0) is 17.7 Å². The van der Waals surface area contributed by atoms with Gasteiger partial charge in [0.25, 0.3) is 5.91 Å². The van der Waals surface area contributed by atoms with Crippen LogP contribution in [0.1, 0.15) is 22.0 Å². The average molecular weight is 313 g/mol. The Morgan fingerprint density at radius 1 is 1.26 bits per heavy atom. The summed E-state index contributed by atoms with van der Waals surface area (Å²) < 4.78 is 10.8. The van der Waals surface area contributed by atoms with E-state index in [2.05, 4.69) is 0 Å². The SMILES string of the molecule is COc1ccc(C(=O)N2CCOC(c3ccccc3)C2)c(O)c1. The molecular formula is C18H19NO4. The van der Waals surface area contributed by atoms with Crippen LogP contribution in [0.4, 0.5) is 0 Å². The molecule has 1 saturated heterocycles. The van der Waals surface area contributed by atoms with Crippen molar-refractivity contribution >= 4 is 5.91 Å². The van der Waals surface area contributed by atoms with Crippen LogP contribution in [0.3, 0.4) is 0 Å². The number of phenolic OH excluding ortho intramolecular Hbond substituents is 1. The first-order valence-electron chi connectivity index (χ1n) is 7.52. The minimum Gasteiger partial charge on any atom is -0.507 e. The Morgan fingerprint density at radius 2 is 2.04 bits per heavy atom. The topological polar surface area (TPSA) is 59.0 Å². The Bertz CT molecular complexity index is 687. The first-order valence-corrected chi connectivity index (χ1v) is 7.52. The van der Waals surface area contributed by atoms with Crippen molar-refractivity contribution in [2.45, 2.75) is 6.10 Å². The third-order valence-electron chi connectivity index (χ3n) is 3.96. The van der Waals surface area contributed by atoms with Crippen LogP contribution in [0.2, 0.25) is 0 Å². The molecular weight excluding hydrogens is 294 g/mol. The molecule has 0 spiro atoms. The monoisotopic (exact) mass is 313 g/mol. The lowest BCUT2D eigenvalue weighted by Crippen LogP contribution is -2.42. The third-order valence-corrected chi connectivity index (χ3v) is 3.96. The van der Waals surface area contributed by atoms with Gasteiger partial charge in [-0.15, -0.1) is 0 Å². The Labute approximate surface area is 135 Å². The Morgan fingerprint density at radius 3 is 2.74 bits per heavy atom. The van der Waals surface area contributed by atoms with E-state index in [-0.39, 0.29) is 23.3 Å². The van der Waals surface area contributed by atoms with E-state index in [0.29, 0.717) is 25.4 Å². The predicted octanol–water partition coefficient (Wildman–Crippen LogP) is 2.61. The van der Waals surface area contributed by atoms with Crippen molar-refractivity contribution < 1.29 is 19.4 Å². The molecule has 1 aliphatic rings. The zero-order chi connectivity index (χ0) is 16.2. The average Bonchev–Trinajstić information content (AvgIpc) is 2.62. The molecule has 1 amide bonds. The fraction of sp³-hybridized carbons (Fsp3) is 0.278. The van der Waals surface area contributed by atoms with Crippen LogP contribution in [0.5, 0.6) is 11.5 Å². The molecule has 1 heterocycles. The van der Waals surface area contributed by atoms with E-state index in [1.54, 1.807) is 17.0 Å². The zero-order valence-corrected chi connectivity index (χ0v) is 12.9. The molecule has 0 radical (unpaired) electrons. The summed E-state index contributed by atoms with van der Waals surface area (Å²) in [6.45, 7) is 1.45. The number of amides is 1. The second kappa shape index (κ2) is 6.71. The van der Waals surface area contributed by atoms with E-state index >= 15 is 0 Å². The number of benzene rings is 2. The maximum absolute atomic E-state index is 12.7. The number of nitrogens with zero attached hydrogens (tertiary/aromatic N) is 1. The normalized spacial score (nSPS) is 17.8. The molecule has 2 aromatic rings. The first kappa shape index (κ1) is 15.4. The maximum atomic E-state index is 12.7. The van der Waals surface area contributed by atoms with Crippen LogP contribution < -0.4 is 4.74 Å². The number of morpholine rings is 1. The van der Waals surface area contributed by atoms with Gasteiger partial charge in [-0.3, -0.25) is 4.79 Å². The van der Waals surface area contributed by atoms with Crippen LogP contribution in [0.25, 0.3) is 0 Å². The number of methoxy groups -OCH3 is 1. The van der Waals surface area contributed by atoms with Gasteiger partial charge >= 0.3 is 0 Å². The number of rotatable bonds is 3. The van der Waals surface area contributed by atoms with E-state index < -0.39 is 0 Å². The second-order valence-electron chi connectivity index (χ2n) is 5.40. The number of aromatic hydroxyl groups is 1. The van der Waals surface area contributed by atoms with Crippen molar-refractivity contribution in [3.8, 4) is 11.5 Å². The molecule has 120 valence electrons. The Hall–Kier alpha value is -2.53. The van der Waals surface area contributed by atoms with Crippen LogP contribution in [0, 0.1) is 0 Å². The molecule has 1 aliphatic heterocycles. The highest BCUT2D eigenvalue weighted by Gasteiger charge is 2.27. The molecule has 5 nitrogen and oxygen atoms in total. The quantitative estimate of drug-likeness (QED) is 0.946. The van der Waals surface area contributed by atoms with E-state index in [9.17, 15) is 9.90 Å². The van der Waals surface area contributed by atoms with E-state index in [1.165, 1.54) is 13.2 Å². The molecule has 1 atom stereocenters. The number of hydrogen-bond acceptors (Lipinski definition) is 4. The van der Waals surface area contributed by atoms with Gasteiger partial charge in [-0.2, -0.15) is 0 Å². The van der Waals surface area contributed by atoms with E-state index in [0.717, 1.165) is 5.56 Å². The zero-order valence-electron chi connectivity index (χ0n) is 12.9. The van der Waals surface area contributed by atoms with Gasteiger partial charge in [0.1, 0.15) is 17.6 Å². The highest BCUT2D eigenvalue weighted by molar-refractivity contribution is 5.97. The highest BCUT2D eigenvalue weighted by atomic mass is 16.5. The van der Waals surface area contributed by atoms with Gasteiger partial charge in [-0.1, -0.05) is 30.3 Å². The van der Waals surface area contributed by atoms with Gasteiger partial charge in [0.05, 0.1) is 25.8 Å². The molecule has 1 N–H and O–H groups in total. The van der Waals surface area contributed by atoms with Gasteiger partial charge < -0.3 is 19.5 Å². The van der Waals surface area contributed by atoms with Gasteiger partial charge in [0, 0.05) is 12.6 Å². The molecule has 2 aromatic carbocycles. The summed E-state index contributed by atoms with van der Waals surface area (Å²) >= 11 is 0. The minimum atomic E-state index is -0.200. The van der Waals surface area contributed by atoms with Crippen LogP contribution in [-0.4, -0.2) is 42.7 Å². The minimum absolute atomic E-state index is 0.0721. The molecule has 0 aromatic heterocycles. The Balaban J connectivity index is 1.77. The highest BCUT2D eigenvalue weighted by Crippen LogP contribution is 2.27. The first-order chi connectivity index (χ1) is 11.2. The molecule has 0 bridgehead atoms. The number of carbonyl (C=O) groups is 1. The molecule has 1 fully saturated rings. The summed E-state index contributed by atoms with van der Waals surface area (Å²) in [7, 11) is 1.52. The van der Waals surface area contributed by atoms with Crippen molar-refractivity contribution in [2.75, 3.05) is 26.8 Å². The fourth-order valence-electron chi connectivity index (χ4n) is 2.69. The molecule has 23 heavy (non-hydrogen) atoms. The second-order valence-corrected chi connectivity index (χ2v) is 5.40. The maximum Gasteiger partial charge on any atom is 0.257 e. The standard InChI is InChI=1S/C18H19NO4/c1-22-14-7-8-15(16(20)11-14)18(21)19-9-10-23-17(12-19)13-5-3-2-4-6-13/h2-8,11,17,20H,9-10,12H2,1H3. The third kappa shape index (κ3) is 3.29. The lowest BCUT2D eigenvalue weighted by atomic mass is 10.1. The van der Waals surface area contributed by atoms with Gasteiger partial charge in [0.2, 0.25) is 0 Å². The predicted molar refractivity (Wildman–Crippen MR) is 85.7 cm³/mol. The molecule has 1 unspecified atom stereocenters. The molecule has 0 saturated carbocycles. The van der Waals surface area contributed by atoms with Crippen molar-refractivity contribution in [1.82, 2.24) is 4.90 Å². The van der Waals surface area contributed by atoms with Crippen LogP contribution >= 0.6 is 0 Å². The number of carbonyl (C=O) groups excluding carboxylic acids is 1. The lowest BCUT2D eigenvalue weighted by molar-refractivity contribution is -0.0229. The van der Waals surface area contributed by atoms with Crippen molar-refractivity contribution in [3.05, 3.63) is 59.7 Å². The summed E-state index contributed by atoms with van der Waals surface area (Å²) in [6.07, 6.45) is -0.144. The molecule has 3 rings (SSSR count). The van der Waals surface area contributed by atoms with Gasteiger partial charge in [-0.25, -0.2) is 0 Å². The number of ether oxygens (including phenoxy) is 2. The van der Waals surface area contributed by atoms with Crippen molar-refractivity contribution in [1.29, 1.82) is 0 Å². The van der Waals surface area contributed by atoms with Crippen molar-refractivity contribution in [2.24, 2.45) is 0 Å². The summed E-state index contributed by atoms with van der Waals surface area (Å²) in [5, 5.41) is 10.0. The molecule has 5 heteroatoms. The van der Waals surface area contributed by atoms with Crippen LogP contribution in [-0.2, 0) is 4.74 Å². The van der Waals surface area contributed by atoms with E-state index in [4.69, 9.17) is 9.47 Å². The largest absolute Gasteiger partial charge is 0.507 e. The fourth-order valence-corrected chi connectivity index (χ4v) is 2.69. The summed E-state index contributed by atoms with van der Waals surface area (Å²) in [5.41, 5.74) is 1.32. The van der Waals surface area contributed by atoms with Gasteiger partial charge in [0.15, 0.2) is 0 Å². The lowest BCUT2D eigenvalue weighted by Gasteiger charge is -2.33.